The van der Waals surface area contributed by atoms with E-state index in [-0.39, 0.29) is 5.41 Å². The van der Waals surface area contributed by atoms with Crippen LogP contribution in [-0.4, -0.2) is 19.3 Å². The van der Waals surface area contributed by atoms with Crippen LogP contribution in [0.25, 0.3) is 0 Å². The van der Waals surface area contributed by atoms with E-state index in [0.29, 0.717) is 6.04 Å². The van der Waals surface area contributed by atoms with E-state index in [1.165, 1.54) is 6.42 Å². The lowest BCUT2D eigenvalue weighted by Crippen LogP contribution is -2.34. The summed E-state index contributed by atoms with van der Waals surface area (Å²) in [6, 6.07) is 0.314. The normalized spacial score (nSPS) is 14.5. The van der Waals surface area contributed by atoms with E-state index in [1.807, 2.05) is 6.92 Å². The molecule has 0 saturated carbocycles. The fraction of sp³-hybridized carbons (Fsp3) is 1.00. The third kappa shape index (κ3) is 7.03. The van der Waals surface area contributed by atoms with Crippen LogP contribution >= 0.6 is 0 Å². The Morgan fingerprint density at radius 2 is 1.85 bits per heavy atom. The van der Waals surface area contributed by atoms with Gasteiger partial charge < -0.3 is 10.5 Å². The average Bonchev–Trinajstić information content (AvgIpc) is 2.02. The smallest absolute Gasteiger partial charge is 0.0465 e. The predicted octanol–water partition coefficient (Wildman–Crippen LogP) is 2.57. The Kier molecular flexibility index (Phi) is 6.35. The molecule has 0 radical (unpaired) electrons. The zero-order valence-corrected chi connectivity index (χ0v) is 9.60. The van der Waals surface area contributed by atoms with Crippen LogP contribution in [0.4, 0.5) is 0 Å². The molecule has 0 aromatic carbocycles. The van der Waals surface area contributed by atoms with Crippen LogP contribution < -0.4 is 5.73 Å². The van der Waals surface area contributed by atoms with Gasteiger partial charge in [-0.1, -0.05) is 20.8 Å². The fourth-order valence-corrected chi connectivity index (χ4v) is 1.15. The molecular formula is C11H25NO. The van der Waals surface area contributed by atoms with Gasteiger partial charge in [-0.3, -0.25) is 0 Å². The van der Waals surface area contributed by atoms with Crippen molar-refractivity contribution in [3.63, 3.8) is 0 Å². The monoisotopic (exact) mass is 187 g/mol. The Labute approximate surface area is 82.8 Å². The van der Waals surface area contributed by atoms with Crippen molar-refractivity contribution in [2.24, 2.45) is 11.1 Å². The van der Waals surface area contributed by atoms with Crippen molar-refractivity contribution in [2.75, 3.05) is 13.2 Å². The van der Waals surface area contributed by atoms with Crippen molar-refractivity contribution in [3.8, 4) is 0 Å². The van der Waals surface area contributed by atoms with Crippen LogP contribution in [0.1, 0.15) is 47.0 Å². The molecule has 2 nitrogen and oxygen atoms in total. The lowest BCUT2D eigenvalue weighted by atomic mass is 9.84. The van der Waals surface area contributed by atoms with Crippen LogP contribution in [0.15, 0.2) is 0 Å². The zero-order valence-electron chi connectivity index (χ0n) is 9.60. The minimum atomic E-state index is 0.242. The van der Waals surface area contributed by atoms with Crippen LogP contribution in [0.3, 0.4) is 0 Å². The Balaban J connectivity index is 3.32. The molecule has 0 aromatic rings. The van der Waals surface area contributed by atoms with Gasteiger partial charge in [0.1, 0.15) is 0 Å². The fourth-order valence-electron chi connectivity index (χ4n) is 1.15. The highest BCUT2D eigenvalue weighted by atomic mass is 16.5. The van der Waals surface area contributed by atoms with Gasteiger partial charge in [-0.05, 0) is 31.6 Å². The third-order valence-corrected chi connectivity index (χ3v) is 2.37. The zero-order chi connectivity index (χ0) is 10.3. The van der Waals surface area contributed by atoms with Crippen molar-refractivity contribution in [3.05, 3.63) is 0 Å². The summed E-state index contributed by atoms with van der Waals surface area (Å²) in [7, 11) is 0. The summed E-state index contributed by atoms with van der Waals surface area (Å²) in [5.74, 6) is 0. The van der Waals surface area contributed by atoms with Gasteiger partial charge in [-0.15, -0.1) is 0 Å². The highest BCUT2D eigenvalue weighted by molar-refractivity contribution is 4.76. The average molecular weight is 187 g/mol. The molecule has 0 aliphatic heterocycles. The van der Waals surface area contributed by atoms with Gasteiger partial charge in [0, 0.05) is 19.3 Å². The number of unbranched alkanes of at least 4 members (excludes halogenated alkanes) is 1. The molecule has 1 atom stereocenters. The molecule has 0 aliphatic carbocycles. The van der Waals surface area contributed by atoms with Gasteiger partial charge in [0.2, 0.25) is 0 Å². The molecule has 0 aliphatic rings. The van der Waals surface area contributed by atoms with E-state index in [0.717, 1.165) is 26.1 Å². The van der Waals surface area contributed by atoms with Crippen molar-refractivity contribution >= 4 is 0 Å². The van der Waals surface area contributed by atoms with Crippen LogP contribution in [0.5, 0.6) is 0 Å². The first kappa shape index (κ1) is 12.9. The minimum Gasteiger partial charge on any atom is -0.382 e. The van der Waals surface area contributed by atoms with Gasteiger partial charge in [-0.2, -0.15) is 0 Å². The molecule has 2 heteroatoms. The summed E-state index contributed by atoms with van der Waals surface area (Å²) in [5.41, 5.74) is 6.27. The summed E-state index contributed by atoms with van der Waals surface area (Å²) in [4.78, 5) is 0. The van der Waals surface area contributed by atoms with E-state index >= 15 is 0 Å². The number of ether oxygens (including phenoxy) is 1. The maximum Gasteiger partial charge on any atom is 0.0465 e. The number of hydrogen-bond acceptors (Lipinski definition) is 2. The van der Waals surface area contributed by atoms with Gasteiger partial charge in [0.25, 0.3) is 0 Å². The Bertz CT molecular complexity index is 118. The first-order chi connectivity index (χ1) is 5.98. The molecule has 80 valence electrons. The molecular weight excluding hydrogens is 162 g/mol. The Hall–Kier alpha value is -0.0800. The molecule has 2 N–H and O–H groups in total. The standard InChI is InChI=1S/C11H25NO/c1-5-13-9-7-6-8-10(12)11(2,3)4/h10H,5-9,12H2,1-4H3. The first-order valence-corrected chi connectivity index (χ1v) is 5.31. The maximum absolute atomic E-state index is 6.02. The SMILES string of the molecule is CCOCCCCC(N)C(C)(C)C. The first-order valence-electron chi connectivity index (χ1n) is 5.31. The second-order valence-electron chi connectivity index (χ2n) is 4.67. The van der Waals surface area contributed by atoms with Crippen molar-refractivity contribution in [2.45, 2.75) is 53.0 Å². The summed E-state index contributed by atoms with van der Waals surface area (Å²) in [6.45, 7) is 10.3. The van der Waals surface area contributed by atoms with Crippen LogP contribution in [-0.2, 0) is 4.74 Å². The summed E-state index contributed by atoms with van der Waals surface area (Å²) in [6.07, 6.45) is 3.42. The molecule has 0 fully saturated rings. The molecule has 0 heterocycles. The second-order valence-corrected chi connectivity index (χ2v) is 4.67. The molecule has 0 spiro atoms. The molecule has 0 bridgehead atoms. The van der Waals surface area contributed by atoms with E-state index < -0.39 is 0 Å². The van der Waals surface area contributed by atoms with Gasteiger partial charge in [-0.25, -0.2) is 0 Å². The molecule has 0 amide bonds. The Morgan fingerprint density at radius 3 is 2.31 bits per heavy atom. The largest absolute Gasteiger partial charge is 0.382 e. The van der Waals surface area contributed by atoms with Gasteiger partial charge in [0.15, 0.2) is 0 Å². The number of rotatable bonds is 6. The molecule has 13 heavy (non-hydrogen) atoms. The summed E-state index contributed by atoms with van der Waals surface area (Å²) < 4.78 is 5.26. The molecule has 1 unspecified atom stereocenters. The Morgan fingerprint density at radius 1 is 1.23 bits per heavy atom. The number of nitrogens with two attached hydrogens (primary N) is 1. The lowest BCUT2D eigenvalue weighted by Gasteiger charge is -2.26. The van der Waals surface area contributed by atoms with Crippen molar-refractivity contribution in [1.29, 1.82) is 0 Å². The van der Waals surface area contributed by atoms with E-state index in [9.17, 15) is 0 Å². The quantitative estimate of drug-likeness (QED) is 0.649. The summed E-state index contributed by atoms with van der Waals surface area (Å²) >= 11 is 0. The highest BCUT2D eigenvalue weighted by Crippen LogP contribution is 2.21. The highest BCUT2D eigenvalue weighted by Gasteiger charge is 2.19. The van der Waals surface area contributed by atoms with E-state index in [1.54, 1.807) is 0 Å². The molecule has 0 aromatic heterocycles. The lowest BCUT2D eigenvalue weighted by molar-refractivity contribution is 0.141. The van der Waals surface area contributed by atoms with Crippen LogP contribution in [0, 0.1) is 5.41 Å². The van der Waals surface area contributed by atoms with E-state index in [4.69, 9.17) is 10.5 Å². The maximum atomic E-state index is 6.02. The number of hydrogen-bond donors (Lipinski definition) is 1. The van der Waals surface area contributed by atoms with Crippen molar-refractivity contribution < 1.29 is 4.74 Å². The third-order valence-electron chi connectivity index (χ3n) is 2.37. The molecule has 0 saturated heterocycles. The van der Waals surface area contributed by atoms with Crippen LogP contribution in [0.2, 0.25) is 0 Å². The molecule has 0 rings (SSSR count). The van der Waals surface area contributed by atoms with Gasteiger partial charge in [0.05, 0.1) is 0 Å². The topological polar surface area (TPSA) is 35.2 Å². The van der Waals surface area contributed by atoms with E-state index in [2.05, 4.69) is 20.8 Å². The second kappa shape index (κ2) is 6.39. The van der Waals surface area contributed by atoms with Gasteiger partial charge >= 0.3 is 0 Å². The minimum absolute atomic E-state index is 0.242. The summed E-state index contributed by atoms with van der Waals surface area (Å²) in [5, 5.41) is 0. The predicted molar refractivity (Wildman–Crippen MR) is 57.8 cm³/mol. The van der Waals surface area contributed by atoms with Crippen molar-refractivity contribution in [1.82, 2.24) is 0 Å².